The molecular weight excluding hydrogens is 371 g/mol. The first-order valence-electron chi connectivity index (χ1n) is 10.7. The van der Waals surface area contributed by atoms with E-state index >= 15 is 0 Å². The van der Waals surface area contributed by atoms with Crippen molar-refractivity contribution in [2.24, 2.45) is 0 Å². The zero-order valence-corrected chi connectivity index (χ0v) is 17.6. The van der Waals surface area contributed by atoms with Gasteiger partial charge in [0.1, 0.15) is 5.82 Å². The molecule has 6 nitrogen and oxygen atoms in total. The van der Waals surface area contributed by atoms with Gasteiger partial charge in [-0.2, -0.15) is 0 Å². The Morgan fingerprint density at radius 3 is 2.21 bits per heavy atom. The Hall–Kier alpha value is -1.99. The fourth-order valence-electron chi connectivity index (χ4n) is 4.08. The van der Waals surface area contributed by atoms with Crippen LogP contribution in [-0.4, -0.2) is 78.4 Å². The van der Waals surface area contributed by atoms with E-state index in [9.17, 15) is 14.0 Å². The maximum atomic E-state index is 13.1. The van der Waals surface area contributed by atoms with E-state index < -0.39 is 0 Å². The van der Waals surface area contributed by atoms with Crippen LogP contribution in [0.25, 0.3) is 0 Å². The SMILES string of the molecule is C[C@H](C(=O)N[C@H](C)c1ccc(F)cc1)N1CCN(CC(=O)N2CCCCC2)CC1. The van der Waals surface area contributed by atoms with E-state index in [1.807, 2.05) is 18.7 Å². The number of piperidine rings is 1. The topological polar surface area (TPSA) is 55.9 Å². The maximum Gasteiger partial charge on any atom is 0.237 e. The van der Waals surface area contributed by atoms with Crippen LogP contribution in [0.3, 0.4) is 0 Å². The van der Waals surface area contributed by atoms with Crippen LogP contribution in [0.2, 0.25) is 0 Å². The van der Waals surface area contributed by atoms with Gasteiger partial charge in [0.2, 0.25) is 11.8 Å². The van der Waals surface area contributed by atoms with Crippen LogP contribution in [0, 0.1) is 5.82 Å². The molecule has 2 fully saturated rings. The molecule has 2 amide bonds. The summed E-state index contributed by atoms with van der Waals surface area (Å²) in [7, 11) is 0. The Kier molecular flexibility index (Phi) is 7.61. The molecule has 0 aliphatic carbocycles. The number of carbonyl (C=O) groups is 2. The third-order valence-corrected chi connectivity index (χ3v) is 6.13. The summed E-state index contributed by atoms with van der Waals surface area (Å²) in [6.45, 7) is 9.22. The van der Waals surface area contributed by atoms with Gasteiger partial charge in [-0.25, -0.2) is 4.39 Å². The predicted octanol–water partition coefficient (Wildman–Crippen LogP) is 2.02. The molecule has 2 atom stereocenters. The van der Waals surface area contributed by atoms with Crippen LogP contribution in [0.5, 0.6) is 0 Å². The number of amides is 2. The van der Waals surface area contributed by atoms with Gasteiger partial charge in [0.25, 0.3) is 0 Å². The van der Waals surface area contributed by atoms with Gasteiger partial charge >= 0.3 is 0 Å². The number of hydrogen-bond donors (Lipinski definition) is 1. The average molecular weight is 405 g/mol. The second-order valence-corrected chi connectivity index (χ2v) is 8.21. The molecule has 0 unspecified atom stereocenters. The summed E-state index contributed by atoms with van der Waals surface area (Å²) in [5.41, 5.74) is 0.882. The number of likely N-dealkylation sites (tertiary alicyclic amines) is 1. The van der Waals surface area contributed by atoms with Gasteiger partial charge in [-0.05, 0) is 50.8 Å². The van der Waals surface area contributed by atoms with E-state index in [1.54, 1.807) is 12.1 Å². The van der Waals surface area contributed by atoms with Crippen molar-refractivity contribution in [1.29, 1.82) is 0 Å². The predicted molar refractivity (Wildman–Crippen MR) is 111 cm³/mol. The number of rotatable bonds is 6. The fraction of sp³-hybridized carbons (Fsp3) is 0.636. The number of hydrogen-bond acceptors (Lipinski definition) is 4. The van der Waals surface area contributed by atoms with Crippen molar-refractivity contribution in [1.82, 2.24) is 20.0 Å². The van der Waals surface area contributed by atoms with Gasteiger partial charge in [0.05, 0.1) is 18.6 Å². The van der Waals surface area contributed by atoms with Gasteiger partial charge in [-0.15, -0.1) is 0 Å². The van der Waals surface area contributed by atoms with E-state index in [4.69, 9.17) is 0 Å². The van der Waals surface area contributed by atoms with Crippen LogP contribution in [0.1, 0.15) is 44.7 Å². The third kappa shape index (κ3) is 6.00. The van der Waals surface area contributed by atoms with E-state index in [0.717, 1.165) is 57.7 Å². The lowest BCUT2D eigenvalue weighted by Crippen LogP contribution is -2.55. The quantitative estimate of drug-likeness (QED) is 0.788. The fourth-order valence-corrected chi connectivity index (χ4v) is 4.08. The Morgan fingerprint density at radius 1 is 0.966 bits per heavy atom. The van der Waals surface area contributed by atoms with E-state index in [0.29, 0.717) is 6.54 Å². The zero-order chi connectivity index (χ0) is 20.8. The molecule has 0 saturated carbocycles. The number of nitrogens with zero attached hydrogens (tertiary/aromatic N) is 3. The highest BCUT2D eigenvalue weighted by Crippen LogP contribution is 2.15. The monoisotopic (exact) mass is 404 g/mol. The highest BCUT2D eigenvalue weighted by atomic mass is 19.1. The molecule has 1 N–H and O–H groups in total. The lowest BCUT2D eigenvalue weighted by molar-refractivity contribution is -0.134. The Bertz CT molecular complexity index is 683. The van der Waals surface area contributed by atoms with Gasteiger partial charge < -0.3 is 10.2 Å². The van der Waals surface area contributed by atoms with Gasteiger partial charge in [-0.1, -0.05) is 12.1 Å². The molecule has 7 heteroatoms. The minimum atomic E-state index is -0.280. The molecule has 2 heterocycles. The highest BCUT2D eigenvalue weighted by Gasteiger charge is 2.28. The van der Waals surface area contributed by atoms with Crippen molar-refractivity contribution < 1.29 is 14.0 Å². The Labute approximate surface area is 173 Å². The number of piperazine rings is 1. The zero-order valence-electron chi connectivity index (χ0n) is 17.6. The molecule has 1 aromatic rings. The summed E-state index contributed by atoms with van der Waals surface area (Å²) in [5, 5.41) is 3.02. The highest BCUT2D eigenvalue weighted by molar-refractivity contribution is 5.81. The van der Waals surface area contributed by atoms with Crippen LogP contribution >= 0.6 is 0 Å². The van der Waals surface area contributed by atoms with Gasteiger partial charge in [-0.3, -0.25) is 19.4 Å². The first-order valence-corrected chi connectivity index (χ1v) is 10.7. The van der Waals surface area contributed by atoms with Crippen molar-refractivity contribution in [3.05, 3.63) is 35.6 Å². The smallest absolute Gasteiger partial charge is 0.237 e. The third-order valence-electron chi connectivity index (χ3n) is 6.13. The summed E-state index contributed by atoms with van der Waals surface area (Å²) in [4.78, 5) is 31.5. The first kappa shape index (κ1) is 21.7. The van der Waals surface area contributed by atoms with Crippen molar-refractivity contribution in [2.45, 2.75) is 45.2 Å². The van der Waals surface area contributed by atoms with Crippen molar-refractivity contribution in [3.8, 4) is 0 Å². The molecule has 2 aliphatic heterocycles. The molecule has 0 aromatic heterocycles. The minimum absolute atomic E-state index is 0.0281. The molecule has 160 valence electrons. The van der Waals surface area contributed by atoms with E-state index in [1.165, 1.54) is 18.6 Å². The van der Waals surface area contributed by atoms with Gasteiger partial charge in [0, 0.05) is 39.3 Å². The Morgan fingerprint density at radius 2 is 1.59 bits per heavy atom. The molecule has 29 heavy (non-hydrogen) atoms. The lowest BCUT2D eigenvalue weighted by Gasteiger charge is -2.38. The molecule has 2 saturated heterocycles. The van der Waals surface area contributed by atoms with E-state index in [-0.39, 0.29) is 29.7 Å². The van der Waals surface area contributed by atoms with Gasteiger partial charge in [0.15, 0.2) is 0 Å². The second-order valence-electron chi connectivity index (χ2n) is 8.21. The summed E-state index contributed by atoms with van der Waals surface area (Å²) >= 11 is 0. The number of benzene rings is 1. The van der Waals surface area contributed by atoms with Crippen LogP contribution in [-0.2, 0) is 9.59 Å². The standard InChI is InChI=1S/C22H33FN4O2/c1-17(19-6-8-20(23)9-7-19)24-22(29)18(2)26-14-12-25(13-15-26)16-21(28)27-10-4-3-5-11-27/h6-9,17-18H,3-5,10-16H2,1-2H3,(H,24,29)/t17-,18-/m1/s1. The summed E-state index contributed by atoms with van der Waals surface area (Å²) in [5.74, 6) is -0.0750. The van der Waals surface area contributed by atoms with Crippen molar-refractivity contribution >= 4 is 11.8 Å². The molecule has 0 spiro atoms. The molecule has 0 bridgehead atoms. The molecule has 3 rings (SSSR count). The first-order chi connectivity index (χ1) is 13.9. The molecular formula is C22H33FN4O2. The number of nitrogens with one attached hydrogen (secondary N) is 1. The minimum Gasteiger partial charge on any atom is -0.348 e. The average Bonchev–Trinajstić information content (AvgIpc) is 2.74. The molecule has 0 radical (unpaired) electrons. The normalized spacial score (nSPS) is 20.9. The summed E-state index contributed by atoms with van der Waals surface area (Å²) in [6.07, 6.45) is 3.45. The lowest BCUT2D eigenvalue weighted by atomic mass is 10.1. The van der Waals surface area contributed by atoms with Crippen LogP contribution < -0.4 is 5.32 Å². The largest absolute Gasteiger partial charge is 0.348 e. The second kappa shape index (κ2) is 10.2. The summed E-state index contributed by atoms with van der Waals surface area (Å²) < 4.78 is 13.1. The molecule has 1 aromatic carbocycles. The van der Waals surface area contributed by atoms with Crippen molar-refractivity contribution in [3.63, 3.8) is 0 Å². The number of carbonyl (C=O) groups excluding carboxylic acids is 2. The van der Waals surface area contributed by atoms with E-state index in [2.05, 4.69) is 15.1 Å². The molecule has 2 aliphatic rings. The Balaban J connectivity index is 1.42. The summed E-state index contributed by atoms with van der Waals surface area (Å²) in [6, 6.07) is 5.80. The van der Waals surface area contributed by atoms with Crippen LogP contribution in [0.15, 0.2) is 24.3 Å². The number of halogens is 1. The van der Waals surface area contributed by atoms with Crippen LogP contribution in [0.4, 0.5) is 4.39 Å². The maximum absolute atomic E-state index is 13.1. The van der Waals surface area contributed by atoms with Crippen molar-refractivity contribution in [2.75, 3.05) is 45.8 Å².